The zero-order chi connectivity index (χ0) is 13.7. The second-order valence-electron chi connectivity index (χ2n) is 4.22. The van der Waals surface area contributed by atoms with Crippen molar-refractivity contribution in [3.8, 4) is 5.88 Å². The highest BCUT2D eigenvalue weighted by Crippen LogP contribution is 2.28. The van der Waals surface area contributed by atoms with Crippen LogP contribution in [0.15, 0.2) is 42.6 Å². The Hall–Kier alpha value is -1.74. The van der Waals surface area contributed by atoms with Gasteiger partial charge in [-0.05, 0) is 36.2 Å². The summed E-state index contributed by atoms with van der Waals surface area (Å²) in [4.78, 5) is 4.18. The monoisotopic (exact) mass is 276 g/mol. The Labute approximate surface area is 118 Å². The molecule has 2 aromatic rings. The smallest absolute Gasteiger partial charge is 0.237 e. The number of halogens is 1. The van der Waals surface area contributed by atoms with E-state index in [9.17, 15) is 0 Å². The predicted octanol–water partition coefficient (Wildman–Crippen LogP) is 4.31. The van der Waals surface area contributed by atoms with Crippen LogP contribution in [0.4, 0.5) is 5.69 Å². The summed E-state index contributed by atoms with van der Waals surface area (Å²) in [6.07, 6.45) is 2.66. The number of methoxy groups -OCH3 is 1. The fraction of sp³-hybridized carbons (Fsp3) is 0.267. The molecule has 0 bridgehead atoms. The molecule has 0 aliphatic rings. The Kier molecular flexibility index (Phi) is 4.63. The molecule has 0 fully saturated rings. The van der Waals surface area contributed by atoms with Gasteiger partial charge in [0.2, 0.25) is 5.88 Å². The predicted molar refractivity (Wildman–Crippen MR) is 78.9 cm³/mol. The van der Waals surface area contributed by atoms with Gasteiger partial charge < -0.3 is 10.1 Å². The molecule has 0 radical (unpaired) electrons. The van der Waals surface area contributed by atoms with Crippen LogP contribution in [0.1, 0.15) is 24.9 Å². The van der Waals surface area contributed by atoms with Crippen molar-refractivity contribution < 1.29 is 4.74 Å². The minimum Gasteiger partial charge on any atom is -0.480 e. The lowest BCUT2D eigenvalue weighted by Gasteiger charge is -2.20. The van der Waals surface area contributed by atoms with Crippen molar-refractivity contribution in [3.05, 3.63) is 53.2 Å². The number of rotatable bonds is 5. The summed E-state index contributed by atoms with van der Waals surface area (Å²) in [7, 11) is 1.62. The molecule has 2 rings (SSSR count). The Morgan fingerprint density at radius 2 is 2.16 bits per heavy atom. The molecule has 0 amide bonds. The average molecular weight is 277 g/mol. The van der Waals surface area contributed by atoms with E-state index in [-0.39, 0.29) is 6.04 Å². The van der Waals surface area contributed by atoms with Gasteiger partial charge in [0.1, 0.15) is 0 Å². The number of hydrogen-bond acceptors (Lipinski definition) is 3. The first kappa shape index (κ1) is 13.7. The van der Waals surface area contributed by atoms with Crippen LogP contribution < -0.4 is 10.1 Å². The largest absolute Gasteiger partial charge is 0.480 e. The first-order chi connectivity index (χ1) is 9.24. The topological polar surface area (TPSA) is 34.2 Å². The molecule has 0 saturated heterocycles. The first-order valence-electron chi connectivity index (χ1n) is 6.25. The maximum absolute atomic E-state index is 6.04. The van der Waals surface area contributed by atoms with E-state index >= 15 is 0 Å². The molecular weight excluding hydrogens is 260 g/mol. The van der Waals surface area contributed by atoms with Gasteiger partial charge >= 0.3 is 0 Å². The maximum Gasteiger partial charge on any atom is 0.237 e. The lowest BCUT2D eigenvalue weighted by Crippen LogP contribution is -2.10. The van der Waals surface area contributed by atoms with E-state index in [4.69, 9.17) is 16.3 Å². The molecule has 0 aliphatic heterocycles. The fourth-order valence-corrected chi connectivity index (χ4v) is 2.19. The standard InChI is InChI=1S/C15H17ClN2O/c1-3-13(11-6-4-7-12(16)10-11)18-14-8-5-9-17-15(14)19-2/h4-10,13,18H,3H2,1-2H3. The summed E-state index contributed by atoms with van der Waals surface area (Å²) in [5.41, 5.74) is 2.04. The molecule has 1 heterocycles. The number of pyridine rings is 1. The molecule has 0 spiro atoms. The van der Waals surface area contributed by atoms with Crippen molar-refractivity contribution in [2.75, 3.05) is 12.4 Å². The number of benzene rings is 1. The quantitative estimate of drug-likeness (QED) is 0.884. The zero-order valence-corrected chi connectivity index (χ0v) is 11.8. The fourth-order valence-electron chi connectivity index (χ4n) is 2.00. The minimum atomic E-state index is 0.178. The van der Waals surface area contributed by atoms with Crippen molar-refractivity contribution in [3.63, 3.8) is 0 Å². The Morgan fingerprint density at radius 3 is 2.84 bits per heavy atom. The van der Waals surface area contributed by atoms with E-state index in [1.54, 1.807) is 13.3 Å². The molecule has 1 N–H and O–H groups in total. The van der Waals surface area contributed by atoms with Crippen LogP contribution in [0.3, 0.4) is 0 Å². The molecule has 19 heavy (non-hydrogen) atoms. The van der Waals surface area contributed by atoms with E-state index in [2.05, 4.69) is 23.3 Å². The Morgan fingerprint density at radius 1 is 1.32 bits per heavy atom. The molecule has 1 aromatic heterocycles. The maximum atomic E-state index is 6.04. The highest BCUT2D eigenvalue weighted by Gasteiger charge is 2.12. The third-order valence-electron chi connectivity index (χ3n) is 2.95. The van der Waals surface area contributed by atoms with E-state index < -0.39 is 0 Å². The molecule has 3 nitrogen and oxygen atoms in total. The van der Waals surface area contributed by atoms with Gasteiger partial charge in [-0.25, -0.2) is 4.98 Å². The van der Waals surface area contributed by atoms with Gasteiger partial charge in [0.05, 0.1) is 18.8 Å². The van der Waals surface area contributed by atoms with Gasteiger partial charge in [-0.15, -0.1) is 0 Å². The second kappa shape index (κ2) is 6.43. The SMILES string of the molecule is CCC(Nc1cccnc1OC)c1cccc(Cl)c1. The van der Waals surface area contributed by atoms with Crippen LogP contribution in [-0.2, 0) is 0 Å². The summed E-state index contributed by atoms with van der Waals surface area (Å²) >= 11 is 6.04. The third-order valence-corrected chi connectivity index (χ3v) is 3.19. The molecule has 100 valence electrons. The van der Waals surface area contributed by atoms with Gasteiger partial charge in [0, 0.05) is 11.2 Å². The van der Waals surface area contributed by atoms with E-state index in [1.165, 1.54) is 0 Å². The first-order valence-corrected chi connectivity index (χ1v) is 6.63. The van der Waals surface area contributed by atoms with Crippen molar-refractivity contribution >= 4 is 17.3 Å². The van der Waals surface area contributed by atoms with Crippen LogP contribution >= 0.6 is 11.6 Å². The van der Waals surface area contributed by atoms with Crippen LogP contribution in [0.2, 0.25) is 5.02 Å². The highest BCUT2D eigenvalue weighted by atomic mass is 35.5. The molecule has 0 saturated carbocycles. The van der Waals surface area contributed by atoms with Crippen LogP contribution in [0, 0.1) is 0 Å². The summed E-state index contributed by atoms with van der Waals surface area (Å²) < 4.78 is 5.25. The second-order valence-corrected chi connectivity index (χ2v) is 4.66. The molecule has 0 aliphatic carbocycles. The lowest BCUT2D eigenvalue weighted by molar-refractivity contribution is 0.399. The van der Waals surface area contributed by atoms with Crippen molar-refractivity contribution in [2.24, 2.45) is 0 Å². The van der Waals surface area contributed by atoms with Crippen LogP contribution in [0.5, 0.6) is 5.88 Å². The van der Waals surface area contributed by atoms with Gasteiger partial charge in [-0.2, -0.15) is 0 Å². The number of aromatic nitrogens is 1. The lowest BCUT2D eigenvalue weighted by atomic mass is 10.0. The molecule has 1 atom stereocenters. The van der Waals surface area contributed by atoms with E-state index in [0.717, 1.165) is 22.7 Å². The van der Waals surface area contributed by atoms with Gasteiger partial charge in [0.25, 0.3) is 0 Å². The van der Waals surface area contributed by atoms with Crippen molar-refractivity contribution in [1.29, 1.82) is 0 Å². The summed E-state index contributed by atoms with van der Waals surface area (Å²) in [6.45, 7) is 2.13. The van der Waals surface area contributed by atoms with E-state index in [1.807, 2.05) is 30.3 Å². The number of anilines is 1. The van der Waals surface area contributed by atoms with Crippen molar-refractivity contribution in [1.82, 2.24) is 4.98 Å². The van der Waals surface area contributed by atoms with Gasteiger partial charge in [-0.3, -0.25) is 0 Å². The summed E-state index contributed by atoms with van der Waals surface area (Å²) in [5.74, 6) is 0.600. The van der Waals surface area contributed by atoms with Crippen LogP contribution in [0.25, 0.3) is 0 Å². The summed E-state index contributed by atoms with van der Waals surface area (Å²) in [5, 5.41) is 4.19. The summed E-state index contributed by atoms with van der Waals surface area (Å²) in [6, 6.07) is 11.9. The molecule has 1 aromatic carbocycles. The third kappa shape index (κ3) is 3.38. The average Bonchev–Trinajstić information content (AvgIpc) is 2.45. The Bertz CT molecular complexity index is 545. The number of nitrogens with one attached hydrogen (secondary N) is 1. The molecular formula is C15H17ClN2O. The molecule has 4 heteroatoms. The zero-order valence-electron chi connectivity index (χ0n) is 11.1. The normalized spacial score (nSPS) is 11.9. The molecule has 1 unspecified atom stereocenters. The highest BCUT2D eigenvalue weighted by molar-refractivity contribution is 6.30. The van der Waals surface area contributed by atoms with Crippen molar-refractivity contribution in [2.45, 2.75) is 19.4 Å². The van der Waals surface area contributed by atoms with Crippen LogP contribution in [-0.4, -0.2) is 12.1 Å². The minimum absolute atomic E-state index is 0.178. The van der Waals surface area contributed by atoms with E-state index in [0.29, 0.717) is 5.88 Å². The Balaban J connectivity index is 2.24. The number of ether oxygens (including phenoxy) is 1. The number of nitrogens with zero attached hydrogens (tertiary/aromatic N) is 1. The number of hydrogen-bond donors (Lipinski definition) is 1. The van der Waals surface area contributed by atoms with Gasteiger partial charge in [0.15, 0.2) is 0 Å². The van der Waals surface area contributed by atoms with Gasteiger partial charge in [-0.1, -0.05) is 30.7 Å².